The molecule has 2 aromatic heterocycles. The van der Waals surface area contributed by atoms with Gasteiger partial charge in [0, 0.05) is 71.4 Å². The Morgan fingerprint density at radius 3 is 2.54 bits per heavy atom. The highest BCUT2D eigenvalue weighted by Crippen LogP contribution is 2.30. The molecule has 35 heavy (non-hydrogen) atoms. The molecular weight excluding hydrogens is 495 g/mol. The number of likely N-dealkylation sites (tertiary alicyclic amines) is 1. The van der Waals surface area contributed by atoms with E-state index in [9.17, 15) is 9.59 Å². The molecule has 0 aromatic carbocycles. The van der Waals surface area contributed by atoms with Crippen LogP contribution in [0.3, 0.4) is 0 Å². The number of hydrogen-bond acceptors (Lipinski definition) is 8. The van der Waals surface area contributed by atoms with Crippen LogP contribution in [0.5, 0.6) is 0 Å². The first-order valence-electron chi connectivity index (χ1n) is 11.2. The fourth-order valence-corrected chi connectivity index (χ4v) is 4.65. The number of pyridine rings is 1. The Bertz CT molecular complexity index is 1150. The van der Waals surface area contributed by atoms with Crippen molar-refractivity contribution >= 4 is 47.3 Å². The van der Waals surface area contributed by atoms with Gasteiger partial charge in [0.25, 0.3) is 5.91 Å². The van der Waals surface area contributed by atoms with Gasteiger partial charge in [0.05, 0.1) is 28.4 Å². The van der Waals surface area contributed by atoms with Crippen molar-refractivity contribution in [3.8, 4) is 0 Å². The number of rotatable bonds is 4. The molecular formula is C22H24Cl2N8O3. The number of methoxy groups -OCH3 is 1. The molecule has 0 bridgehead atoms. The number of hydrazone groups is 1. The standard InChI is InChI=1S/C22H24Cl2N8O3/c1-35-16-12-31(13-16)20(33)19-17(24)11-26-21(28-19)29-4-6-30(7-5-29)22(34)32-18(2-3-27-32)14-8-15(23)10-25-9-14/h3,8-11,16,18H,2,4-7,12-13H2,1H3. The van der Waals surface area contributed by atoms with E-state index >= 15 is 0 Å². The molecule has 0 N–H and O–H groups in total. The van der Waals surface area contributed by atoms with Crippen LogP contribution in [0.1, 0.15) is 28.5 Å². The molecule has 2 saturated heterocycles. The van der Waals surface area contributed by atoms with Crippen molar-refractivity contribution < 1.29 is 14.3 Å². The summed E-state index contributed by atoms with van der Waals surface area (Å²) in [6.45, 7) is 2.97. The molecule has 1 unspecified atom stereocenters. The summed E-state index contributed by atoms with van der Waals surface area (Å²) in [5, 5.41) is 6.51. The van der Waals surface area contributed by atoms with Gasteiger partial charge < -0.3 is 19.4 Å². The summed E-state index contributed by atoms with van der Waals surface area (Å²) in [5.74, 6) is 0.171. The topological polar surface area (TPSA) is 107 Å². The highest BCUT2D eigenvalue weighted by atomic mass is 35.5. The Morgan fingerprint density at radius 2 is 1.83 bits per heavy atom. The molecule has 11 nitrogen and oxygen atoms in total. The highest BCUT2D eigenvalue weighted by Gasteiger charge is 2.35. The van der Waals surface area contributed by atoms with E-state index in [0.717, 1.165) is 5.56 Å². The molecule has 0 saturated carbocycles. The van der Waals surface area contributed by atoms with Gasteiger partial charge >= 0.3 is 6.03 Å². The lowest BCUT2D eigenvalue weighted by molar-refractivity contribution is -0.0194. The van der Waals surface area contributed by atoms with Crippen LogP contribution in [-0.4, -0.2) is 100 Å². The number of hydrogen-bond donors (Lipinski definition) is 0. The van der Waals surface area contributed by atoms with Crippen LogP contribution in [0.4, 0.5) is 10.7 Å². The molecule has 3 aliphatic rings. The minimum atomic E-state index is -0.241. The van der Waals surface area contributed by atoms with E-state index in [0.29, 0.717) is 56.7 Å². The summed E-state index contributed by atoms with van der Waals surface area (Å²) in [7, 11) is 1.62. The molecule has 2 aromatic rings. The first kappa shape index (κ1) is 23.7. The second-order valence-corrected chi connectivity index (χ2v) is 9.37. The van der Waals surface area contributed by atoms with Crippen molar-refractivity contribution in [2.24, 2.45) is 5.10 Å². The van der Waals surface area contributed by atoms with Gasteiger partial charge in [-0.3, -0.25) is 9.78 Å². The normalized spacial score (nSPS) is 20.4. The predicted molar refractivity (Wildman–Crippen MR) is 130 cm³/mol. The maximum absolute atomic E-state index is 13.2. The first-order valence-corrected chi connectivity index (χ1v) is 12.0. The van der Waals surface area contributed by atoms with E-state index in [4.69, 9.17) is 27.9 Å². The van der Waals surface area contributed by atoms with Crippen molar-refractivity contribution in [2.75, 3.05) is 51.3 Å². The van der Waals surface area contributed by atoms with Gasteiger partial charge in [0.15, 0.2) is 5.69 Å². The average Bonchev–Trinajstić information content (AvgIpc) is 3.33. The van der Waals surface area contributed by atoms with E-state index in [2.05, 4.69) is 20.1 Å². The second kappa shape index (κ2) is 9.92. The van der Waals surface area contributed by atoms with Crippen LogP contribution in [0.15, 0.2) is 29.8 Å². The van der Waals surface area contributed by atoms with Gasteiger partial charge in [-0.15, -0.1) is 0 Å². The molecule has 5 rings (SSSR count). The van der Waals surface area contributed by atoms with E-state index in [1.165, 1.54) is 11.2 Å². The van der Waals surface area contributed by atoms with Crippen LogP contribution in [0.25, 0.3) is 0 Å². The van der Waals surface area contributed by atoms with Gasteiger partial charge in [0.1, 0.15) is 0 Å². The maximum atomic E-state index is 13.2. The number of nitrogens with zero attached hydrogens (tertiary/aromatic N) is 8. The number of carbonyl (C=O) groups is 2. The van der Waals surface area contributed by atoms with Crippen LogP contribution >= 0.6 is 23.2 Å². The Labute approximate surface area is 212 Å². The fraction of sp³-hybridized carbons (Fsp3) is 0.455. The van der Waals surface area contributed by atoms with Crippen LogP contribution in [0, 0.1) is 0 Å². The zero-order valence-corrected chi connectivity index (χ0v) is 20.6. The Balaban J connectivity index is 1.22. The SMILES string of the molecule is COC1CN(C(=O)c2nc(N3CCN(C(=O)N4N=CCC4c4cncc(Cl)c4)CC3)ncc2Cl)C1. The molecule has 2 fully saturated rings. The molecule has 184 valence electrons. The minimum Gasteiger partial charge on any atom is -0.378 e. The van der Waals surface area contributed by atoms with Crippen molar-refractivity contribution in [2.45, 2.75) is 18.6 Å². The number of aromatic nitrogens is 3. The summed E-state index contributed by atoms with van der Waals surface area (Å²) in [6, 6.07) is 1.39. The minimum absolute atomic E-state index is 0.0410. The van der Waals surface area contributed by atoms with E-state index in [1.807, 2.05) is 4.90 Å². The third-order valence-corrected chi connectivity index (χ3v) is 6.86. The third kappa shape index (κ3) is 4.75. The monoisotopic (exact) mass is 518 g/mol. The molecule has 1 atom stereocenters. The van der Waals surface area contributed by atoms with Gasteiger partial charge in [-0.25, -0.2) is 19.8 Å². The Morgan fingerprint density at radius 1 is 1.06 bits per heavy atom. The molecule has 5 heterocycles. The smallest absolute Gasteiger partial charge is 0.341 e. The maximum Gasteiger partial charge on any atom is 0.341 e. The summed E-state index contributed by atoms with van der Waals surface area (Å²) in [4.78, 5) is 44.2. The largest absolute Gasteiger partial charge is 0.378 e. The van der Waals surface area contributed by atoms with E-state index < -0.39 is 0 Å². The third-order valence-electron chi connectivity index (χ3n) is 6.37. The number of halogens is 2. The number of carbonyl (C=O) groups excluding carboxylic acids is 2. The summed E-state index contributed by atoms with van der Waals surface area (Å²) < 4.78 is 5.23. The Kier molecular flexibility index (Phi) is 6.72. The van der Waals surface area contributed by atoms with E-state index in [1.54, 1.807) is 41.6 Å². The molecule has 0 spiro atoms. The quantitative estimate of drug-likeness (QED) is 0.610. The van der Waals surface area contributed by atoms with Crippen molar-refractivity contribution in [3.05, 3.63) is 46.0 Å². The Hall–Kier alpha value is -3.02. The molecule has 0 radical (unpaired) electrons. The summed E-state index contributed by atoms with van der Waals surface area (Å²) in [5.41, 5.74) is 1.02. The lowest BCUT2D eigenvalue weighted by Gasteiger charge is -2.38. The number of urea groups is 1. The summed E-state index contributed by atoms with van der Waals surface area (Å²) >= 11 is 12.3. The van der Waals surface area contributed by atoms with Gasteiger partial charge in [-0.2, -0.15) is 5.10 Å². The van der Waals surface area contributed by atoms with Crippen molar-refractivity contribution in [3.63, 3.8) is 0 Å². The second-order valence-electron chi connectivity index (χ2n) is 8.52. The number of piperazine rings is 1. The van der Waals surface area contributed by atoms with Gasteiger partial charge in [-0.05, 0) is 11.6 Å². The van der Waals surface area contributed by atoms with Gasteiger partial charge in [-0.1, -0.05) is 23.2 Å². The lowest BCUT2D eigenvalue weighted by Crippen LogP contribution is -2.54. The number of ether oxygens (including phenoxy) is 1. The van der Waals surface area contributed by atoms with Gasteiger partial charge in [0.2, 0.25) is 5.95 Å². The first-order chi connectivity index (χ1) is 16.9. The number of anilines is 1. The average molecular weight is 519 g/mol. The zero-order chi connectivity index (χ0) is 24.5. The molecule has 0 aliphatic carbocycles. The predicted octanol–water partition coefficient (Wildman–Crippen LogP) is 2.32. The van der Waals surface area contributed by atoms with Crippen LogP contribution in [0.2, 0.25) is 10.0 Å². The van der Waals surface area contributed by atoms with Crippen LogP contribution < -0.4 is 4.90 Å². The molecule has 3 aliphatic heterocycles. The van der Waals surface area contributed by atoms with Crippen molar-refractivity contribution in [1.82, 2.24) is 29.8 Å². The fourth-order valence-electron chi connectivity index (χ4n) is 4.29. The van der Waals surface area contributed by atoms with Crippen molar-refractivity contribution in [1.29, 1.82) is 0 Å². The molecule has 3 amide bonds. The van der Waals surface area contributed by atoms with E-state index in [-0.39, 0.29) is 34.8 Å². The zero-order valence-electron chi connectivity index (χ0n) is 19.0. The molecule has 13 heteroatoms. The summed E-state index contributed by atoms with van der Waals surface area (Å²) in [6.07, 6.45) is 7.09. The number of amides is 3. The lowest BCUT2D eigenvalue weighted by atomic mass is 10.1. The van der Waals surface area contributed by atoms with Crippen LogP contribution in [-0.2, 0) is 4.74 Å². The highest BCUT2D eigenvalue weighted by molar-refractivity contribution is 6.33.